The molecule has 1 amide bonds. The molecule has 0 aromatic carbocycles. The number of nitrogens with two attached hydrogens (primary N) is 1. The summed E-state index contributed by atoms with van der Waals surface area (Å²) in [4.78, 5) is 14.0. The number of carbonyl (C=O) groups excluding carboxylic acids is 1. The van der Waals surface area contributed by atoms with E-state index in [1.807, 2.05) is 13.8 Å². The molecule has 5 nitrogen and oxygen atoms in total. The Balaban J connectivity index is 2.58. The maximum Gasteiger partial charge on any atom is 0.238 e. The third kappa shape index (κ3) is 3.28. The van der Waals surface area contributed by atoms with Crippen LogP contribution >= 0.6 is 11.8 Å². The molecule has 1 aliphatic rings. The number of amidine groups is 1. The number of rotatable bonds is 4. The van der Waals surface area contributed by atoms with E-state index in [2.05, 4.69) is 5.16 Å². The number of hydrogen-bond donors (Lipinski definition) is 2. The van der Waals surface area contributed by atoms with E-state index < -0.39 is 0 Å². The van der Waals surface area contributed by atoms with Crippen molar-refractivity contribution >= 4 is 23.5 Å². The average Bonchev–Trinajstić information content (AvgIpc) is 2.75. The summed E-state index contributed by atoms with van der Waals surface area (Å²) in [5.41, 5.74) is 5.51. The molecule has 1 rings (SSSR count). The fourth-order valence-corrected chi connectivity index (χ4v) is 3.34. The van der Waals surface area contributed by atoms with Crippen molar-refractivity contribution in [2.24, 2.45) is 16.8 Å². The second-order valence-electron chi connectivity index (χ2n) is 4.79. The molecule has 2 atom stereocenters. The quantitative estimate of drug-likeness (QED) is 0.343. The van der Waals surface area contributed by atoms with Gasteiger partial charge in [0.1, 0.15) is 5.84 Å². The highest BCUT2D eigenvalue weighted by Gasteiger charge is 2.39. The van der Waals surface area contributed by atoms with E-state index in [4.69, 9.17) is 10.9 Å². The van der Waals surface area contributed by atoms with Crippen molar-refractivity contribution in [1.29, 1.82) is 0 Å². The molecule has 1 aliphatic heterocycles. The standard InChI is InChI=1S/C11H21N3O2S/c1-8(9(12)13-16)7-14(3)10(15)11(2)5-4-6-17-11/h8,16H,4-7H2,1-3H3,(H2,12,13). The number of carbonyl (C=O) groups is 1. The Bertz CT molecular complexity index is 314. The van der Waals surface area contributed by atoms with Crippen LogP contribution < -0.4 is 5.73 Å². The van der Waals surface area contributed by atoms with Crippen molar-refractivity contribution in [3.8, 4) is 0 Å². The van der Waals surface area contributed by atoms with Crippen molar-refractivity contribution in [2.45, 2.75) is 31.4 Å². The first-order valence-electron chi connectivity index (χ1n) is 5.77. The summed E-state index contributed by atoms with van der Waals surface area (Å²) < 4.78 is -0.292. The van der Waals surface area contributed by atoms with Crippen molar-refractivity contribution in [3.05, 3.63) is 0 Å². The highest BCUT2D eigenvalue weighted by molar-refractivity contribution is 8.01. The largest absolute Gasteiger partial charge is 0.409 e. The Kier molecular flexibility index (Phi) is 4.68. The van der Waals surface area contributed by atoms with Gasteiger partial charge in [0.25, 0.3) is 0 Å². The first-order chi connectivity index (χ1) is 7.90. The minimum absolute atomic E-state index is 0.135. The zero-order chi connectivity index (χ0) is 13.1. The first kappa shape index (κ1) is 14.2. The summed E-state index contributed by atoms with van der Waals surface area (Å²) in [5, 5.41) is 11.5. The van der Waals surface area contributed by atoms with Gasteiger partial charge in [-0.15, -0.1) is 11.8 Å². The smallest absolute Gasteiger partial charge is 0.238 e. The Morgan fingerprint density at radius 3 is 2.82 bits per heavy atom. The monoisotopic (exact) mass is 259 g/mol. The SMILES string of the molecule is CC(CN(C)C(=O)C1(C)CCCS1)C(N)=NO. The second kappa shape index (κ2) is 5.62. The summed E-state index contributed by atoms with van der Waals surface area (Å²) >= 11 is 1.72. The number of nitrogens with zero attached hydrogens (tertiary/aromatic N) is 2. The minimum atomic E-state index is -0.292. The van der Waals surface area contributed by atoms with Gasteiger partial charge in [-0.1, -0.05) is 12.1 Å². The zero-order valence-corrected chi connectivity index (χ0v) is 11.5. The number of amides is 1. The molecule has 17 heavy (non-hydrogen) atoms. The van der Waals surface area contributed by atoms with Gasteiger partial charge in [0.15, 0.2) is 0 Å². The number of thioether (sulfide) groups is 1. The lowest BCUT2D eigenvalue weighted by Gasteiger charge is -2.29. The molecule has 1 heterocycles. The molecule has 1 fully saturated rings. The van der Waals surface area contributed by atoms with Crippen LogP contribution in [0.4, 0.5) is 0 Å². The molecular formula is C11H21N3O2S. The van der Waals surface area contributed by atoms with Gasteiger partial charge in [-0.05, 0) is 25.5 Å². The molecule has 0 radical (unpaired) electrons. The van der Waals surface area contributed by atoms with Crippen molar-refractivity contribution < 1.29 is 10.0 Å². The maximum absolute atomic E-state index is 12.3. The molecule has 0 aromatic rings. The van der Waals surface area contributed by atoms with Gasteiger partial charge in [-0.3, -0.25) is 4.79 Å². The predicted octanol–water partition coefficient (Wildman–Crippen LogP) is 1.11. The van der Waals surface area contributed by atoms with Crippen molar-refractivity contribution in [1.82, 2.24) is 4.90 Å². The molecule has 0 spiro atoms. The third-order valence-corrected chi connectivity index (χ3v) is 4.69. The maximum atomic E-state index is 12.3. The summed E-state index contributed by atoms with van der Waals surface area (Å²) in [6.07, 6.45) is 2.02. The lowest BCUT2D eigenvalue weighted by atomic mass is 10.0. The van der Waals surface area contributed by atoms with Crippen molar-refractivity contribution in [3.63, 3.8) is 0 Å². The highest BCUT2D eigenvalue weighted by Crippen LogP contribution is 2.39. The van der Waals surface area contributed by atoms with Crippen LogP contribution in [0.5, 0.6) is 0 Å². The van der Waals surface area contributed by atoms with E-state index in [0.717, 1.165) is 18.6 Å². The molecule has 3 N–H and O–H groups in total. The summed E-state index contributed by atoms with van der Waals surface area (Å²) in [6, 6.07) is 0. The van der Waals surface area contributed by atoms with Crippen LogP contribution in [0.15, 0.2) is 5.16 Å². The fraction of sp³-hybridized carbons (Fsp3) is 0.818. The lowest BCUT2D eigenvalue weighted by molar-refractivity contribution is -0.132. The van der Waals surface area contributed by atoms with Crippen LogP contribution in [0.3, 0.4) is 0 Å². The van der Waals surface area contributed by atoms with E-state index in [1.165, 1.54) is 0 Å². The van der Waals surface area contributed by atoms with E-state index in [1.54, 1.807) is 23.7 Å². The van der Waals surface area contributed by atoms with E-state index in [-0.39, 0.29) is 22.4 Å². The van der Waals surface area contributed by atoms with Gasteiger partial charge >= 0.3 is 0 Å². The first-order valence-corrected chi connectivity index (χ1v) is 6.76. The summed E-state index contributed by atoms with van der Waals surface area (Å²) in [6.45, 7) is 4.31. The van der Waals surface area contributed by atoms with Gasteiger partial charge in [0.05, 0.1) is 4.75 Å². The molecular weight excluding hydrogens is 238 g/mol. The predicted molar refractivity (Wildman–Crippen MR) is 70.3 cm³/mol. The number of hydrogen-bond acceptors (Lipinski definition) is 4. The molecule has 0 aliphatic carbocycles. The van der Waals surface area contributed by atoms with Crippen LogP contribution in [-0.2, 0) is 4.79 Å². The normalized spacial score (nSPS) is 26.9. The van der Waals surface area contributed by atoms with Crippen LogP contribution in [0.25, 0.3) is 0 Å². The van der Waals surface area contributed by atoms with Crippen molar-refractivity contribution in [2.75, 3.05) is 19.3 Å². The fourth-order valence-electron chi connectivity index (χ4n) is 2.04. The molecule has 0 aromatic heterocycles. The number of oxime groups is 1. The molecule has 98 valence electrons. The topological polar surface area (TPSA) is 78.9 Å². The van der Waals surface area contributed by atoms with Crippen LogP contribution in [0, 0.1) is 5.92 Å². The Morgan fingerprint density at radius 1 is 1.71 bits per heavy atom. The van der Waals surface area contributed by atoms with Crippen LogP contribution in [0.1, 0.15) is 26.7 Å². The van der Waals surface area contributed by atoms with Gasteiger partial charge < -0.3 is 15.8 Å². The zero-order valence-electron chi connectivity index (χ0n) is 10.6. The minimum Gasteiger partial charge on any atom is -0.409 e. The van der Waals surface area contributed by atoms with E-state index >= 15 is 0 Å². The highest BCUT2D eigenvalue weighted by atomic mass is 32.2. The van der Waals surface area contributed by atoms with E-state index in [0.29, 0.717) is 6.54 Å². The molecule has 2 unspecified atom stereocenters. The third-order valence-electron chi connectivity index (χ3n) is 3.19. The summed E-state index contributed by atoms with van der Waals surface area (Å²) in [5.74, 6) is 1.21. The molecule has 6 heteroatoms. The van der Waals surface area contributed by atoms with Crippen LogP contribution in [0.2, 0.25) is 0 Å². The van der Waals surface area contributed by atoms with Crippen LogP contribution in [-0.4, -0.2) is 45.9 Å². The second-order valence-corrected chi connectivity index (χ2v) is 6.39. The molecule has 0 bridgehead atoms. The average molecular weight is 259 g/mol. The van der Waals surface area contributed by atoms with Gasteiger partial charge in [0.2, 0.25) is 5.91 Å². The van der Waals surface area contributed by atoms with Gasteiger partial charge in [-0.25, -0.2) is 0 Å². The molecule has 1 saturated heterocycles. The Morgan fingerprint density at radius 2 is 2.35 bits per heavy atom. The Hall–Kier alpha value is -0.910. The lowest BCUT2D eigenvalue weighted by Crippen LogP contribution is -2.45. The molecule has 0 saturated carbocycles. The Labute approximate surface area is 106 Å². The van der Waals surface area contributed by atoms with E-state index in [9.17, 15) is 4.79 Å². The van der Waals surface area contributed by atoms with Gasteiger partial charge in [0, 0.05) is 19.5 Å². The summed E-state index contributed by atoms with van der Waals surface area (Å²) in [7, 11) is 1.77. The van der Waals surface area contributed by atoms with Gasteiger partial charge in [-0.2, -0.15) is 0 Å².